The van der Waals surface area contributed by atoms with Gasteiger partial charge in [0.05, 0.1) is 18.4 Å². The fraction of sp³-hybridized carbons (Fsp3) is 0.304. The number of rotatable bonds is 9. The number of nitrogens with one attached hydrogen (secondary N) is 1. The minimum absolute atomic E-state index is 0.0383. The fourth-order valence-electron chi connectivity index (χ4n) is 3.32. The zero-order valence-corrected chi connectivity index (χ0v) is 17.0. The van der Waals surface area contributed by atoms with Crippen LogP contribution in [0.2, 0.25) is 0 Å². The Labute approximate surface area is 175 Å². The van der Waals surface area contributed by atoms with Gasteiger partial charge in [0.25, 0.3) is 0 Å². The lowest BCUT2D eigenvalue weighted by Gasteiger charge is -2.16. The van der Waals surface area contributed by atoms with Crippen molar-refractivity contribution in [2.24, 2.45) is 0 Å². The summed E-state index contributed by atoms with van der Waals surface area (Å²) < 4.78 is 11.3. The van der Waals surface area contributed by atoms with Gasteiger partial charge in [0.2, 0.25) is 5.91 Å². The normalized spacial score (nSPS) is 14.0. The van der Waals surface area contributed by atoms with Crippen LogP contribution in [0.3, 0.4) is 0 Å². The molecule has 0 spiro atoms. The molecule has 0 aliphatic carbocycles. The topological polar surface area (TPSA) is 88.1 Å². The number of carbonyl (C=O) groups is 2. The number of carboxylic acid groups (broad SMARTS) is 1. The molecule has 2 aromatic carbocycles. The van der Waals surface area contributed by atoms with E-state index in [2.05, 4.69) is 10.2 Å². The van der Waals surface area contributed by atoms with Crippen LogP contribution >= 0.6 is 0 Å². The van der Waals surface area contributed by atoms with Crippen LogP contribution in [0.5, 0.6) is 11.5 Å². The van der Waals surface area contributed by atoms with E-state index in [1.807, 2.05) is 12.1 Å². The Morgan fingerprint density at radius 1 is 1.13 bits per heavy atom. The molecule has 3 rings (SSSR count). The third-order valence-corrected chi connectivity index (χ3v) is 4.89. The quantitative estimate of drug-likeness (QED) is 0.615. The van der Waals surface area contributed by atoms with Crippen LogP contribution in [-0.2, 0) is 4.79 Å². The highest BCUT2D eigenvalue weighted by atomic mass is 16.5. The highest BCUT2D eigenvalue weighted by Crippen LogP contribution is 2.28. The molecular formula is C23H26N2O5. The summed E-state index contributed by atoms with van der Waals surface area (Å²) in [5.41, 5.74) is 1.05. The SMILES string of the molecule is COc1cc(C=CC(=O)Nc2ccccc2C(=O)O)ccc1OCCN1CCCC1. The van der Waals surface area contributed by atoms with Crippen LogP contribution in [0.1, 0.15) is 28.8 Å². The second-order valence-electron chi connectivity index (χ2n) is 6.98. The van der Waals surface area contributed by atoms with E-state index < -0.39 is 11.9 Å². The monoisotopic (exact) mass is 410 g/mol. The molecule has 30 heavy (non-hydrogen) atoms. The van der Waals surface area contributed by atoms with Gasteiger partial charge in [-0.3, -0.25) is 9.69 Å². The molecule has 1 saturated heterocycles. The first-order chi connectivity index (χ1) is 14.6. The number of likely N-dealkylation sites (tertiary alicyclic amines) is 1. The lowest BCUT2D eigenvalue weighted by atomic mass is 10.1. The van der Waals surface area contributed by atoms with Crippen LogP contribution < -0.4 is 14.8 Å². The number of anilines is 1. The van der Waals surface area contributed by atoms with Gasteiger partial charge in [0.15, 0.2) is 11.5 Å². The molecule has 0 unspecified atom stereocenters. The van der Waals surface area contributed by atoms with E-state index in [0.717, 1.165) is 25.2 Å². The predicted molar refractivity (Wildman–Crippen MR) is 115 cm³/mol. The first-order valence-corrected chi connectivity index (χ1v) is 9.91. The van der Waals surface area contributed by atoms with Crippen molar-refractivity contribution in [3.63, 3.8) is 0 Å². The molecule has 2 N–H and O–H groups in total. The summed E-state index contributed by atoms with van der Waals surface area (Å²) >= 11 is 0. The Morgan fingerprint density at radius 3 is 2.63 bits per heavy atom. The Bertz CT molecular complexity index is 920. The van der Waals surface area contributed by atoms with Gasteiger partial charge < -0.3 is 19.9 Å². The molecule has 0 radical (unpaired) electrons. The number of carbonyl (C=O) groups excluding carboxylic acids is 1. The maximum atomic E-state index is 12.2. The standard InChI is InChI=1S/C23H26N2O5/c1-29-21-16-17(8-10-20(21)30-15-14-25-12-4-5-13-25)9-11-22(26)24-19-7-3-2-6-18(19)23(27)28/h2-3,6-11,16H,4-5,12-15H2,1H3,(H,24,26)(H,27,28). The van der Waals surface area contributed by atoms with Gasteiger partial charge in [-0.2, -0.15) is 0 Å². The van der Waals surface area contributed by atoms with Gasteiger partial charge in [-0.15, -0.1) is 0 Å². The van der Waals surface area contributed by atoms with Gasteiger partial charge in [-0.1, -0.05) is 18.2 Å². The van der Waals surface area contributed by atoms with Crippen molar-refractivity contribution in [1.82, 2.24) is 4.90 Å². The number of ether oxygens (including phenoxy) is 2. The molecule has 1 fully saturated rings. The smallest absolute Gasteiger partial charge is 0.337 e. The van der Waals surface area contributed by atoms with Crippen molar-refractivity contribution in [3.05, 3.63) is 59.7 Å². The Hall–Kier alpha value is -3.32. The molecule has 158 valence electrons. The van der Waals surface area contributed by atoms with E-state index in [4.69, 9.17) is 9.47 Å². The average molecular weight is 410 g/mol. The highest BCUT2D eigenvalue weighted by molar-refractivity contribution is 6.06. The number of methoxy groups -OCH3 is 1. The van der Waals surface area contributed by atoms with Gasteiger partial charge in [0.1, 0.15) is 6.61 Å². The van der Waals surface area contributed by atoms with Gasteiger partial charge in [-0.05, 0) is 61.8 Å². The summed E-state index contributed by atoms with van der Waals surface area (Å²) in [5.74, 6) is -0.266. The number of carboxylic acids is 1. The Balaban J connectivity index is 1.59. The van der Waals surface area contributed by atoms with Crippen molar-refractivity contribution in [2.75, 3.05) is 38.7 Å². The van der Waals surface area contributed by atoms with Crippen LogP contribution in [-0.4, -0.2) is 55.2 Å². The van der Waals surface area contributed by atoms with E-state index in [1.165, 1.54) is 25.0 Å². The van der Waals surface area contributed by atoms with Crippen molar-refractivity contribution >= 4 is 23.6 Å². The summed E-state index contributed by atoms with van der Waals surface area (Å²) in [6, 6.07) is 11.7. The van der Waals surface area contributed by atoms with E-state index in [9.17, 15) is 14.7 Å². The van der Waals surface area contributed by atoms with E-state index in [-0.39, 0.29) is 11.3 Å². The molecule has 7 heteroatoms. The summed E-state index contributed by atoms with van der Waals surface area (Å²) in [6.07, 6.45) is 5.48. The number of benzene rings is 2. The second-order valence-corrected chi connectivity index (χ2v) is 6.98. The van der Waals surface area contributed by atoms with Crippen molar-refractivity contribution in [1.29, 1.82) is 0 Å². The van der Waals surface area contributed by atoms with Crippen molar-refractivity contribution in [3.8, 4) is 11.5 Å². The summed E-state index contributed by atoms with van der Waals surface area (Å²) in [5, 5.41) is 11.8. The molecule has 0 atom stereocenters. The molecule has 1 aliphatic heterocycles. The summed E-state index contributed by atoms with van der Waals surface area (Å²) in [4.78, 5) is 25.8. The lowest BCUT2D eigenvalue weighted by Crippen LogP contribution is -2.25. The largest absolute Gasteiger partial charge is 0.493 e. The van der Waals surface area contributed by atoms with Gasteiger partial charge >= 0.3 is 5.97 Å². The molecule has 2 aromatic rings. The molecule has 1 aliphatic rings. The Kier molecular flexibility index (Phi) is 7.45. The van der Waals surface area contributed by atoms with E-state index >= 15 is 0 Å². The summed E-state index contributed by atoms with van der Waals surface area (Å²) in [6.45, 7) is 3.74. The number of hydrogen-bond donors (Lipinski definition) is 2. The van der Waals surface area contributed by atoms with Crippen LogP contribution in [0.4, 0.5) is 5.69 Å². The molecule has 7 nitrogen and oxygen atoms in total. The number of aromatic carboxylic acids is 1. The molecule has 1 amide bonds. The van der Waals surface area contributed by atoms with E-state index in [1.54, 1.807) is 37.5 Å². The maximum absolute atomic E-state index is 12.2. The predicted octanol–water partition coefficient (Wildman–Crippen LogP) is 3.52. The number of para-hydroxylation sites is 1. The fourth-order valence-corrected chi connectivity index (χ4v) is 3.32. The first kappa shape index (κ1) is 21.4. The van der Waals surface area contributed by atoms with E-state index in [0.29, 0.717) is 18.1 Å². The molecule has 1 heterocycles. The highest BCUT2D eigenvalue weighted by Gasteiger charge is 2.12. The summed E-state index contributed by atoms with van der Waals surface area (Å²) in [7, 11) is 1.58. The average Bonchev–Trinajstić information content (AvgIpc) is 3.26. The zero-order valence-electron chi connectivity index (χ0n) is 17.0. The zero-order chi connectivity index (χ0) is 21.3. The van der Waals surface area contributed by atoms with Crippen LogP contribution in [0.15, 0.2) is 48.5 Å². The molecular weight excluding hydrogens is 384 g/mol. The molecule has 0 bridgehead atoms. The molecule has 0 aromatic heterocycles. The van der Waals surface area contributed by atoms with Crippen LogP contribution in [0.25, 0.3) is 6.08 Å². The van der Waals surface area contributed by atoms with Gasteiger partial charge in [0, 0.05) is 12.6 Å². The van der Waals surface area contributed by atoms with Crippen molar-refractivity contribution in [2.45, 2.75) is 12.8 Å². The van der Waals surface area contributed by atoms with Crippen molar-refractivity contribution < 1.29 is 24.2 Å². The molecule has 0 saturated carbocycles. The minimum atomic E-state index is -1.10. The minimum Gasteiger partial charge on any atom is -0.493 e. The first-order valence-electron chi connectivity index (χ1n) is 9.91. The lowest BCUT2D eigenvalue weighted by molar-refractivity contribution is -0.111. The number of nitrogens with zero attached hydrogens (tertiary/aromatic N) is 1. The maximum Gasteiger partial charge on any atom is 0.337 e. The second kappa shape index (κ2) is 10.5. The third-order valence-electron chi connectivity index (χ3n) is 4.89. The van der Waals surface area contributed by atoms with Crippen LogP contribution in [0, 0.1) is 0 Å². The third kappa shape index (κ3) is 5.84. The Morgan fingerprint density at radius 2 is 1.90 bits per heavy atom. The van der Waals surface area contributed by atoms with Gasteiger partial charge in [-0.25, -0.2) is 4.79 Å². The number of amides is 1. The number of hydrogen-bond acceptors (Lipinski definition) is 5.